The maximum atomic E-state index is 11.0. The molecule has 2 rings (SSSR count). The van der Waals surface area contributed by atoms with Gasteiger partial charge in [-0.3, -0.25) is 0 Å². The summed E-state index contributed by atoms with van der Waals surface area (Å²) >= 11 is 0.125. The number of benzene rings is 2. The average Bonchev–Trinajstić information content (AvgIpc) is 2.45. The van der Waals surface area contributed by atoms with Crippen LogP contribution in [0, 0.1) is 0 Å². The molecule has 0 bridgehead atoms. The Morgan fingerprint density at radius 2 is 1.95 bits per heavy atom. The molecule has 0 saturated carbocycles. The third-order valence-electron chi connectivity index (χ3n) is 2.65. The first-order chi connectivity index (χ1) is 9.20. The summed E-state index contributed by atoms with van der Waals surface area (Å²) in [6, 6.07) is 15.0. The van der Waals surface area contributed by atoms with Gasteiger partial charge in [-0.25, -0.2) is 0 Å². The second-order valence-corrected chi connectivity index (χ2v) is 5.72. The number of carboxylic acids is 1. The molecule has 0 radical (unpaired) electrons. The van der Waals surface area contributed by atoms with Gasteiger partial charge in [0.25, 0.3) is 0 Å². The number of ether oxygens (including phenoxy) is 1. The van der Waals surface area contributed by atoms with Crippen molar-refractivity contribution in [1.82, 2.24) is 0 Å². The van der Waals surface area contributed by atoms with Crippen LogP contribution in [0.2, 0.25) is 5.82 Å². The van der Waals surface area contributed by atoms with Crippen LogP contribution in [0.3, 0.4) is 0 Å². The van der Waals surface area contributed by atoms with Crippen LogP contribution in [-0.4, -0.2) is 26.0 Å². The number of hydrogen-bond acceptors (Lipinski definition) is 2. The summed E-state index contributed by atoms with van der Waals surface area (Å²) in [5.41, 5.74) is 1.46. The second kappa shape index (κ2) is 6.41. The van der Waals surface area contributed by atoms with Crippen molar-refractivity contribution in [3.63, 3.8) is 0 Å². The van der Waals surface area contributed by atoms with Gasteiger partial charge in [-0.15, -0.1) is 0 Å². The number of carboxylic acid groups (broad SMARTS) is 1. The van der Waals surface area contributed by atoms with Crippen molar-refractivity contribution in [3.05, 3.63) is 59.7 Å². The fourth-order valence-corrected chi connectivity index (χ4v) is 2.96. The topological polar surface area (TPSA) is 46.5 Å². The first-order valence-corrected chi connectivity index (χ1v) is 8.35. The van der Waals surface area contributed by atoms with E-state index in [0.717, 1.165) is 10.0 Å². The SMILES string of the molecule is C[Se]c1cc(OCc2ccccc2)ccc1C(=O)O. The molecule has 2 aromatic rings. The minimum absolute atomic E-state index is 0.125. The molecule has 0 unspecified atom stereocenters. The van der Waals surface area contributed by atoms with Crippen LogP contribution in [-0.2, 0) is 6.61 Å². The summed E-state index contributed by atoms with van der Waals surface area (Å²) in [5.74, 6) is 1.83. The summed E-state index contributed by atoms with van der Waals surface area (Å²) in [6.45, 7) is 0.489. The molecular weight excluding hydrogens is 307 g/mol. The van der Waals surface area contributed by atoms with Crippen LogP contribution in [0.5, 0.6) is 5.75 Å². The molecule has 0 heterocycles. The van der Waals surface area contributed by atoms with Crippen molar-refractivity contribution in [2.45, 2.75) is 12.4 Å². The van der Waals surface area contributed by atoms with Crippen molar-refractivity contribution in [3.8, 4) is 5.75 Å². The van der Waals surface area contributed by atoms with E-state index in [1.54, 1.807) is 12.1 Å². The first kappa shape index (κ1) is 13.7. The van der Waals surface area contributed by atoms with Gasteiger partial charge in [0.2, 0.25) is 0 Å². The van der Waals surface area contributed by atoms with Crippen LogP contribution in [0.4, 0.5) is 0 Å². The minimum atomic E-state index is -0.881. The zero-order chi connectivity index (χ0) is 13.7. The molecule has 0 aliphatic heterocycles. The monoisotopic (exact) mass is 322 g/mol. The molecule has 0 aromatic heterocycles. The van der Waals surface area contributed by atoms with E-state index in [1.807, 2.05) is 42.2 Å². The van der Waals surface area contributed by atoms with Crippen LogP contribution in [0.1, 0.15) is 15.9 Å². The third-order valence-corrected chi connectivity index (χ3v) is 4.28. The molecule has 0 fully saturated rings. The summed E-state index contributed by atoms with van der Waals surface area (Å²) in [7, 11) is 0. The normalized spacial score (nSPS) is 10.2. The van der Waals surface area contributed by atoms with Crippen LogP contribution < -0.4 is 9.20 Å². The van der Waals surface area contributed by atoms with Crippen molar-refractivity contribution >= 4 is 25.4 Å². The predicted molar refractivity (Wildman–Crippen MR) is 75.4 cm³/mol. The van der Waals surface area contributed by atoms with Gasteiger partial charge < -0.3 is 0 Å². The molecule has 0 atom stereocenters. The average molecular weight is 321 g/mol. The molecule has 2 aromatic carbocycles. The van der Waals surface area contributed by atoms with E-state index >= 15 is 0 Å². The molecule has 1 N–H and O–H groups in total. The van der Waals surface area contributed by atoms with Gasteiger partial charge in [-0.2, -0.15) is 0 Å². The van der Waals surface area contributed by atoms with E-state index < -0.39 is 5.97 Å². The Labute approximate surface area is 118 Å². The number of hydrogen-bond donors (Lipinski definition) is 1. The van der Waals surface area contributed by atoms with E-state index in [2.05, 4.69) is 0 Å². The zero-order valence-corrected chi connectivity index (χ0v) is 12.2. The third kappa shape index (κ3) is 3.60. The Bertz CT molecular complexity index is 567. The van der Waals surface area contributed by atoms with Crippen LogP contribution in [0.15, 0.2) is 48.5 Å². The van der Waals surface area contributed by atoms with Crippen molar-refractivity contribution in [1.29, 1.82) is 0 Å². The fourth-order valence-electron chi connectivity index (χ4n) is 1.68. The van der Waals surface area contributed by atoms with Gasteiger partial charge in [0.1, 0.15) is 0 Å². The molecule has 0 aliphatic rings. The van der Waals surface area contributed by atoms with Gasteiger partial charge >= 0.3 is 118 Å². The molecule has 0 amide bonds. The summed E-state index contributed by atoms with van der Waals surface area (Å²) < 4.78 is 6.54. The van der Waals surface area contributed by atoms with Gasteiger partial charge in [0.05, 0.1) is 0 Å². The fraction of sp³-hybridized carbons (Fsp3) is 0.133. The van der Waals surface area contributed by atoms with E-state index in [0.29, 0.717) is 17.9 Å². The Morgan fingerprint density at radius 1 is 1.21 bits per heavy atom. The standard InChI is InChI=1S/C15H14O3Se/c1-19-14-9-12(7-8-13(14)15(16)17)18-10-11-5-3-2-4-6-11/h2-9H,10H2,1H3,(H,16,17). The molecule has 0 spiro atoms. The van der Waals surface area contributed by atoms with E-state index in [4.69, 9.17) is 9.84 Å². The summed E-state index contributed by atoms with van der Waals surface area (Å²) in [4.78, 5) is 11.0. The van der Waals surface area contributed by atoms with Crippen molar-refractivity contribution in [2.75, 3.05) is 0 Å². The van der Waals surface area contributed by atoms with Gasteiger partial charge in [0.15, 0.2) is 0 Å². The Hall–Kier alpha value is -1.77. The van der Waals surface area contributed by atoms with Crippen molar-refractivity contribution < 1.29 is 14.6 Å². The van der Waals surface area contributed by atoms with Gasteiger partial charge in [-0.05, 0) is 0 Å². The zero-order valence-electron chi connectivity index (χ0n) is 10.5. The van der Waals surface area contributed by atoms with Gasteiger partial charge in [0, 0.05) is 0 Å². The second-order valence-electron chi connectivity index (χ2n) is 3.94. The molecule has 0 aliphatic carbocycles. The molecular formula is C15H14O3Se. The van der Waals surface area contributed by atoms with E-state index in [9.17, 15) is 4.79 Å². The molecule has 98 valence electrons. The van der Waals surface area contributed by atoms with Crippen LogP contribution >= 0.6 is 0 Å². The molecule has 4 heteroatoms. The van der Waals surface area contributed by atoms with Crippen molar-refractivity contribution in [2.24, 2.45) is 0 Å². The van der Waals surface area contributed by atoms with Crippen LogP contribution in [0.25, 0.3) is 0 Å². The van der Waals surface area contributed by atoms with E-state index in [-0.39, 0.29) is 15.0 Å². The number of rotatable bonds is 5. The molecule has 0 saturated heterocycles. The molecule has 19 heavy (non-hydrogen) atoms. The summed E-state index contributed by atoms with van der Waals surface area (Å²) in [5, 5.41) is 9.06. The Kier molecular flexibility index (Phi) is 4.61. The first-order valence-electron chi connectivity index (χ1n) is 5.79. The Morgan fingerprint density at radius 3 is 2.58 bits per heavy atom. The molecule has 3 nitrogen and oxygen atoms in total. The maximum absolute atomic E-state index is 11.0. The number of carbonyl (C=O) groups is 1. The van der Waals surface area contributed by atoms with Gasteiger partial charge in [-0.1, -0.05) is 0 Å². The number of aromatic carboxylic acids is 1. The predicted octanol–water partition coefficient (Wildman–Crippen LogP) is 2.34. The quantitative estimate of drug-likeness (QED) is 0.860. The van der Waals surface area contributed by atoms with E-state index in [1.165, 1.54) is 0 Å². The Balaban J connectivity index is 2.11. The summed E-state index contributed by atoms with van der Waals surface area (Å²) in [6.07, 6.45) is 0.